The van der Waals surface area contributed by atoms with Crippen molar-refractivity contribution in [3.8, 4) is 0 Å². The van der Waals surface area contributed by atoms with Gasteiger partial charge in [-0.25, -0.2) is 0 Å². The summed E-state index contributed by atoms with van der Waals surface area (Å²) in [6.07, 6.45) is 1.08. The number of halogens is 2. The van der Waals surface area contributed by atoms with E-state index in [0.29, 0.717) is 6.04 Å². The minimum Gasteiger partial charge on any atom is -0.306 e. The minimum absolute atomic E-state index is 0.390. The number of benzene rings is 2. The highest BCUT2D eigenvalue weighted by Gasteiger charge is 2.08. The van der Waals surface area contributed by atoms with E-state index in [4.69, 9.17) is 0 Å². The molecule has 2 rings (SSSR count). The Kier molecular flexibility index (Phi) is 5.61. The third kappa shape index (κ3) is 4.44. The monoisotopic (exact) mass is 381 g/mol. The average molecular weight is 383 g/mol. The number of hydrogen-bond acceptors (Lipinski definition) is 1. The summed E-state index contributed by atoms with van der Waals surface area (Å²) < 4.78 is 2.25. The van der Waals surface area contributed by atoms with Crippen LogP contribution in [0, 0.1) is 0 Å². The highest BCUT2D eigenvalue weighted by atomic mass is 79.9. The Balaban J connectivity index is 2.01. The first-order valence-corrected chi connectivity index (χ1v) is 8.01. The van der Waals surface area contributed by atoms with Gasteiger partial charge in [-0.05, 0) is 41.8 Å². The van der Waals surface area contributed by atoms with Crippen molar-refractivity contribution in [2.45, 2.75) is 25.9 Å². The molecular formula is C16H17Br2N. The molecule has 0 aliphatic carbocycles. The van der Waals surface area contributed by atoms with Crippen LogP contribution in [0.1, 0.15) is 30.5 Å². The molecule has 1 N–H and O–H groups in total. The maximum absolute atomic E-state index is 3.61. The van der Waals surface area contributed by atoms with Gasteiger partial charge in [0.15, 0.2) is 0 Å². The first-order chi connectivity index (χ1) is 9.19. The third-order valence-electron chi connectivity index (χ3n) is 3.13. The van der Waals surface area contributed by atoms with Crippen LogP contribution in [-0.4, -0.2) is 0 Å². The summed E-state index contributed by atoms with van der Waals surface area (Å²) in [4.78, 5) is 0. The second-order valence-electron chi connectivity index (χ2n) is 4.52. The molecule has 2 aromatic carbocycles. The van der Waals surface area contributed by atoms with E-state index in [-0.39, 0.29) is 0 Å². The van der Waals surface area contributed by atoms with Crippen LogP contribution in [0.4, 0.5) is 0 Å². The molecular weight excluding hydrogens is 366 g/mol. The Morgan fingerprint density at radius 1 is 1.00 bits per heavy atom. The predicted octanol–water partition coefficient (Wildman–Crippen LogP) is 5.45. The maximum atomic E-state index is 3.61. The summed E-state index contributed by atoms with van der Waals surface area (Å²) in [5.74, 6) is 0. The van der Waals surface area contributed by atoms with Gasteiger partial charge in [0.25, 0.3) is 0 Å². The van der Waals surface area contributed by atoms with Crippen LogP contribution < -0.4 is 5.32 Å². The lowest BCUT2D eigenvalue weighted by molar-refractivity contribution is 0.519. The molecule has 0 saturated carbocycles. The second-order valence-corrected chi connectivity index (χ2v) is 6.35. The van der Waals surface area contributed by atoms with Gasteiger partial charge in [-0.2, -0.15) is 0 Å². The summed E-state index contributed by atoms with van der Waals surface area (Å²) in [7, 11) is 0. The molecule has 0 radical (unpaired) electrons. The molecule has 100 valence electrons. The molecule has 0 spiro atoms. The molecule has 1 atom stereocenters. The van der Waals surface area contributed by atoms with Crippen LogP contribution >= 0.6 is 31.9 Å². The SMILES string of the molecule is CCC(NCc1ccc(Br)cc1)c1cccc(Br)c1. The summed E-state index contributed by atoms with van der Waals surface area (Å²) in [6.45, 7) is 3.10. The van der Waals surface area contributed by atoms with E-state index in [0.717, 1.165) is 21.9 Å². The fourth-order valence-corrected chi connectivity index (χ4v) is 2.75. The van der Waals surface area contributed by atoms with Crippen LogP contribution in [0.2, 0.25) is 0 Å². The average Bonchev–Trinajstić information content (AvgIpc) is 2.42. The van der Waals surface area contributed by atoms with Crippen molar-refractivity contribution in [1.29, 1.82) is 0 Å². The zero-order valence-electron chi connectivity index (χ0n) is 10.9. The van der Waals surface area contributed by atoms with Gasteiger partial charge in [0.1, 0.15) is 0 Å². The third-order valence-corrected chi connectivity index (χ3v) is 4.15. The van der Waals surface area contributed by atoms with Crippen molar-refractivity contribution in [2.24, 2.45) is 0 Å². The predicted molar refractivity (Wildman–Crippen MR) is 88.2 cm³/mol. The van der Waals surface area contributed by atoms with Crippen LogP contribution in [-0.2, 0) is 6.54 Å². The summed E-state index contributed by atoms with van der Waals surface area (Å²) in [5, 5.41) is 3.61. The van der Waals surface area contributed by atoms with E-state index < -0.39 is 0 Å². The molecule has 0 saturated heterocycles. The zero-order chi connectivity index (χ0) is 13.7. The van der Waals surface area contributed by atoms with Crippen molar-refractivity contribution < 1.29 is 0 Å². The Labute approximate surface area is 131 Å². The Morgan fingerprint density at radius 3 is 2.37 bits per heavy atom. The number of rotatable bonds is 5. The van der Waals surface area contributed by atoms with Crippen LogP contribution in [0.3, 0.4) is 0 Å². The van der Waals surface area contributed by atoms with E-state index in [1.807, 2.05) is 0 Å². The second kappa shape index (κ2) is 7.22. The van der Waals surface area contributed by atoms with Crippen molar-refractivity contribution >= 4 is 31.9 Å². The van der Waals surface area contributed by atoms with Crippen LogP contribution in [0.5, 0.6) is 0 Å². The fourth-order valence-electron chi connectivity index (χ4n) is 2.06. The maximum Gasteiger partial charge on any atom is 0.0321 e. The van der Waals surface area contributed by atoms with E-state index in [1.165, 1.54) is 11.1 Å². The minimum atomic E-state index is 0.390. The zero-order valence-corrected chi connectivity index (χ0v) is 14.0. The van der Waals surface area contributed by atoms with E-state index in [2.05, 4.69) is 92.6 Å². The quantitative estimate of drug-likeness (QED) is 0.724. The molecule has 2 aromatic rings. The van der Waals surface area contributed by atoms with Crippen molar-refractivity contribution in [3.05, 3.63) is 68.6 Å². The molecule has 19 heavy (non-hydrogen) atoms. The van der Waals surface area contributed by atoms with Crippen molar-refractivity contribution in [2.75, 3.05) is 0 Å². The van der Waals surface area contributed by atoms with Gasteiger partial charge in [-0.1, -0.05) is 63.0 Å². The summed E-state index contributed by atoms with van der Waals surface area (Å²) in [6, 6.07) is 17.3. The van der Waals surface area contributed by atoms with Gasteiger partial charge in [-0.3, -0.25) is 0 Å². The fraction of sp³-hybridized carbons (Fsp3) is 0.250. The molecule has 3 heteroatoms. The molecule has 1 nitrogen and oxygen atoms in total. The smallest absolute Gasteiger partial charge is 0.0321 e. The molecule has 0 aliphatic heterocycles. The van der Waals surface area contributed by atoms with Crippen molar-refractivity contribution in [1.82, 2.24) is 5.32 Å². The highest BCUT2D eigenvalue weighted by molar-refractivity contribution is 9.10. The first kappa shape index (κ1) is 14.8. The number of nitrogens with one attached hydrogen (secondary N) is 1. The van der Waals surface area contributed by atoms with Crippen LogP contribution in [0.15, 0.2) is 57.5 Å². The molecule has 0 fully saturated rings. The van der Waals surface area contributed by atoms with Crippen LogP contribution in [0.25, 0.3) is 0 Å². The van der Waals surface area contributed by atoms with Gasteiger partial charge >= 0.3 is 0 Å². The van der Waals surface area contributed by atoms with Gasteiger partial charge in [0.05, 0.1) is 0 Å². The summed E-state index contributed by atoms with van der Waals surface area (Å²) >= 11 is 6.99. The lowest BCUT2D eigenvalue weighted by Gasteiger charge is -2.18. The molecule has 0 bridgehead atoms. The topological polar surface area (TPSA) is 12.0 Å². The van der Waals surface area contributed by atoms with E-state index in [9.17, 15) is 0 Å². The van der Waals surface area contributed by atoms with E-state index in [1.54, 1.807) is 0 Å². The first-order valence-electron chi connectivity index (χ1n) is 6.42. The Hall–Kier alpha value is -0.640. The van der Waals surface area contributed by atoms with Crippen molar-refractivity contribution in [3.63, 3.8) is 0 Å². The van der Waals surface area contributed by atoms with Gasteiger partial charge in [-0.15, -0.1) is 0 Å². The Morgan fingerprint density at radius 2 is 1.74 bits per heavy atom. The summed E-state index contributed by atoms with van der Waals surface area (Å²) in [5.41, 5.74) is 2.63. The lowest BCUT2D eigenvalue weighted by atomic mass is 10.0. The van der Waals surface area contributed by atoms with Gasteiger partial charge in [0, 0.05) is 21.5 Å². The van der Waals surface area contributed by atoms with Gasteiger partial charge < -0.3 is 5.32 Å². The molecule has 0 aliphatic rings. The largest absolute Gasteiger partial charge is 0.306 e. The normalized spacial score (nSPS) is 12.4. The Bertz CT molecular complexity index is 523. The molecule has 0 aromatic heterocycles. The standard InChI is InChI=1S/C16H17Br2N/c1-2-16(13-4-3-5-15(18)10-13)19-11-12-6-8-14(17)9-7-12/h3-10,16,19H,2,11H2,1H3. The van der Waals surface area contributed by atoms with Gasteiger partial charge in [0.2, 0.25) is 0 Å². The molecule has 1 unspecified atom stereocenters. The highest BCUT2D eigenvalue weighted by Crippen LogP contribution is 2.21. The lowest BCUT2D eigenvalue weighted by Crippen LogP contribution is -2.20. The molecule has 0 amide bonds. The molecule has 0 heterocycles. The number of hydrogen-bond donors (Lipinski definition) is 1. The van der Waals surface area contributed by atoms with E-state index >= 15 is 0 Å².